The third-order valence-electron chi connectivity index (χ3n) is 2.13. The van der Waals surface area contributed by atoms with Gasteiger partial charge in [0.05, 0.1) is 29.2 Å². The molecule has 0 bridgehead atoms. The van der Waals surface area contributed by atoms with Gasteiger partial charge in [0.25, 0.3) is 0 Å². The Balaban J connectivity index is 0.000001000. The van der Waals surface area contributed by atoms with E-state index in [1.165, 1.54) is 29.9 Å². The van der Waals surface area contributed by atoms with E-state index in [9.17, 15) is 0 Å². The molecule has 1 aliphatic carbocycles. The maximum atomic E-state index is 2.24. The number of halogens is 1. The molecule has 0 saturated carbocycles. The molecule has 0 unspecified atom stereocenters. The lowest BCUT2D eigenvalue weighted by Crippen LogP contribution is -3.00. The number of rotatable bonds is 2. The van der Waals surface area contributed by atoms with Crippen LogP contribution in [0.2, 0.25) is 0 Å². The minimum atomic E-state index is 0. The van der Waals surface area contributed by atoms with Crippen molar-refractivity contribution < 1.29 is 24.0 Å². The van der Waals surface area contributed by atoms with Gasteiger partial charge >= 0.3 is 0 Å². The highest BCUT2D eigenvalue weighted by atomic mass is 127. The van der Waals surface area contributed by atoms with Crippen molar-refractivity contribution in [3.8, 4) is 0 Å². The third kappa shape index (κ3) is 2.55. The first-order valence-corrected chi connectivity index (χ1v) is 3.97. The summed E-state index contributed by atoms with van der Waals surface area (Å²) in [7, 11) is 0. The highest BCUT2D eigenvalue weighted by molar-refractivity contribution is 5.46. The van der Waals surface area contributed by atoms with Crippen molar-refractivity contribution in [3.63, 3.8) is 0 Å². The number of hydrogen-bond donors (Lipinski definition) is 0. The van der Waals surface area contributed by atoms with Crippen LogP contribution in [0.3, 0.4) is 0 Å². The van der Waals surface area contributed by atoms with Gasteiger partial charge in [0.1, 0.15) is 0 Å². The van der Waals surface area contributed by atoms with Crippen LogP contribution in [0.15, 0.2) is 23.3 Å². The van der Waals surface area contributed by atoms with Crippen LogP contribution in [0.25, 0.3) is 0 Å². The first-order valence-electron chi connectivity index (χ1n) is 3.97. The number of allylic oxidation sites excluding steroid dienone is 4. The van der Waals surface area contributed by atoms with Gasteiger partial charge in [-0.15, -0.1) is 0 Å². The first-order chi connectivity index (χ1) is 4.75. The Morgan fingerprint density at radius 3 is 2.45 bits per heavy atom. The lowest BCUT2D eigenvalue weighted by molar-refractivity contribution is -0.00000225. The lowest BCUT2D eigenvalue weighted by atomic mass is 10.0. The van der Waals surface area contributed by atoms with Crippen molar-refractivity contribution >= 4 is 0 Å². The zero-order valence-corrected chi connectivity index (χ0v) is 9.60. The van der Waals surface area contributed by atoms with E-state index in [1.54, 1.807) is 0 Å². The third-order valence-corrected chi connectivity index (χ3v) is 2.13. The summed E-state index contributed by atoms with van der Waals surface area (Å²) in [5, 5.41) is 0. The van der Waals surface area contributed by atoms with E-state index >= 15 is 0 Å². The minimum absolute atomic E-state index is 0. The standard InChI is InChI=1S/C10H15.HI/c1-4-5-10-7-6-8(2)9(10)3;/h6-7H,4-5H2,1-3H3;1H/q+1;/p-1. The molecule has 0 atom stereocenters. The Labute approximate surface area is 86.8 Å². The second-order valence-corrected chi connectivity index (χ2v) is 2.92. The molecule has 0 fully saturated rings. The van der Waals surface area contributed by atoms with Gasteiger partial charge in [-0.3, -0.25) is 0 Å². The van der Waals surface area contributed by atoms with E-state index < -0.39 is 0 Å². The predicted molar refractivity (Wildman–Crippen MR) is 45.7 cm³/mol. The molecule has 0 nitrogen and oxygen atoms in total. The fourth-order valence-electron chi connectivity index (χ4n) is 1.27. The molecule has 0 amide bonds. The highest BCUT2D eigenvalue weighted by Crippen LogP contribution is 2.28. The van der Waals surface area contributed by atoms with Gasteiger partial charge in [-0.05, 0) is 13.3 Å². The molecule has 0 aromatic rings. The van der Waals surface area contributed by atoms with Crippen LogP contribution in [0.4, 0.5) is 0 Å². The summed E-state index contributed by atoms with van der Waals surface area (Å²) in [6.45, 7) is 6.61. The zero-order chi connectivity index (χ0) is 7.56. The topological polar surface area (TPSA) is 0 Å². The quantitative estimate of drug-likeness (QED) is 0.495. The van der Waals surface area contributed by atoms with Crippen molar-refractivity contribution in [1.29, 1.82) is 0 Å². The summed E-state index contributed by atoms with van der Waals surface area (Å²) >= 11 is 0. The van der Waals surface area contributed by atoms with E-state index in [-0.39, 0.29) is 24.0 Å². The van der Waals surface area contributed by atoms with Crippen LogP contribution in [0.5, 0.6) is 0 Å². The summed E-state index contributed by atoms with van der Waals surface area (Å²) < 4.78 is 0. The molecule has 1 heteroatoms. The average molecular weight is 262 g/mol. The smallest absolute Gasteiger partial charge is 0.0963 e. The molecule has 0 aromatic heterocycles. The fourth-order valence-corrected chi connectivity index (χ4v) is 1.27. The van der Waals surface area contributed by atoms with Crippen molar-refractivity contribution in [3.05, 3.63) is 29.2 Å². The van der Waals surface area contributed by atoms with Crippen molar-refractivity contribution in [2.24, 2.45) is 0 Å². The van der Waals surface area contributed by atoms with E-state index in [1.807, 2.05) is 0 Å². The maximum absolute atomic E-state index is 2.24. The van der Waals surface area contributed by atoms with Gasteiger partial charge in [0.2, 0.25) is 0 Å². The molecule has 1 rings (SSSR count). The van der Waals surface area contributed by atoms with Crippen molar-refractivity contribution in [1.82, 2.24) is 0 Å². The van der Waals surface area contributed by atoms with Crippen LogP contribution in [-0.2, 0) is 0 Å². The van der Waals surface area contributed by atoms with Gasteiger partial charge in [0.15, 0.2) is 0 Å². The van der Waals surface area contributed by atoms with Crippen LogP contribution in [0.1, 0.15) is 33.6 Å². The summed E-state index contributed by atoms with van der Waals surface area (Å²) in [5.74, 6) is 1.43. The molecule has 0 aromatic carbocycles. The molecular formula is C10H15I. The first kappa shape index (κ1) is 11.1. The summed E-state index contributed by atoms with van der Waals surface area (Å²) in [6, 6.07) is 0. The van der Waals surface area contributed by atoms with Crippen LogP contribution >= 0.6 is 0 Å². The zero-order valence-electron chi connectivity index (χ0n) is 7.45. The predicted octanol–water partition coefficient (Wildman–Crippen LogP) is 0.271. The van der Waals surface area contributed by atoms with E-state index in [0.717, 1.165) is 0 Å². The monoisotopic (exact) mass is 262 g/mol. The molecule has 0 saturated heterocycles. The van der Waals surface area contributed by atoms with Crippen LogP contribution in [-0.4, -0.2) is 0 Å². The molecule has 62 valence electrons. The van der Waals surface area contributed by atoms with Gasteiger partial charge in [-0.1, -0.05) is 6.92 Å². The van der Waals surface area contributed by atoms with Crippen LogP contribution in [0, 0.1) is 5.92 Å². The molecular weight excluding hydrogens is 247 g/mol. The van der Waals surface area contributed by atoms with E-state index in [0.29, 0.717) is 0 Å². The molecule has 0 aliphatic heterocycles. The Hall–Kier alpha value is 0.0800. The Morgan fingerprint density at radius 2 is 2.09 bits per heavy atom. The van der Waals surface area contributed by atoms with Gasteiger partial charge in [-0.25, -0.2) is 0 Å². The van der Waals surface area contributed by atoms with E-state index in [2.05, 4.69) is 32.9 Å². The van der Waals surface area contributed by atoms with Crippen LogP contribution < -0.4 is 24.0 Å². The molecule has 0 heterocycles. The second-order valence-electron chi connectivity index (χ2n) is 2.92. The summed E-state index contributed by atoms with van der Waals surface area (Å²) in [5.41, 5.74) is 3.02. The number of hydrogen-bond acceptors (Lipinski definition) is 0. The molecule has 0 N–H and O–H groups in total. The van der Waals surface area contributed by atoms with Gasteiger partial charge < -0.3 is 24.0 Å². The highest BCUT2D eigenvalue weighted by Gasteiger charge is 2.20. The molecule has 0 spiro atoms. The Bertz CT molecular complexity index is 177. The second kappa shape index (κ2) is 4.86. The van der Waals surface area contributed by atoms with Crippen molar-refractivity contribution in [2.75, 3.05) is 0 Å². The average Bonchev–Trinajstić information content (AvgIpc) is 2.20. The lowest BCUT2D eigenvalue weighted by Gasteiger charge is -1.93. The minimum Gasteiger partial charge on any atom is -1.00 e. The summed E-state index contributed by atoms with van der Waals surface area (Å²) in [6.07, 6.45) is 6.94. The SMILES string of the molecule is CCCC1=C(C)[C+](C)C=C1.[I-]. The normalized spacial score (nSPS) is 15.7. The van der Waals surface area contributed by atoms with E-state index in [4.69, 9.17) is 0 Å². The Morgan fingerprint density at radius 1 is 1.45 bits per heavy atom. The summed E-state index contributed by atoms with van der Waals surface area (Å²) in [4.78, 5) is 0. The Kier molecular flexibility index (Phi) is 4.89. The molecule has 0 radical (unpaired) electrons. The molecule has 11 heavy (non-hydrogen) atoms. The van der Waals surface area contributed by atoms with Gasteiger partial charge in [-0.2, -0.15) is 0 Å². The fraction of sp³-hybridized carbons (Fsp3) is 0.500. The molecule has 1 aliphatic rings. The van der Waals surface area contributed by atoms with Gasteiger partial charge in [0, 0.05) is 13.3 Å². The van der Waals surface area contributed by atoms with Crippen molar-refractivity contribution in [2.45, 2.75) is 33.6 Å². The largest absolute Gasteiger partial charge is 1.00 e. The maximum Gasteiger partial charge on any atom is 0.0963 e.